The van der Waals surface area contributed by atoms with Crippen LogP contribution in [0.5, 0.6) is 0 Å². The zero-order valence-electron chi connectivity index (χ0n) is 7.25. The number of carbonyl (C=O) groups excluding carboxylic acids is 2. The fourth-order valence-electron chi connectivity index (χ4n) is 0. The molecule has 0 aromatic rings. The van der Waals surface area contributed by atoms with Crippen molar-refractivity contribution in [1.29, 1.82) is 0 Å². The van der Waals surface area contributed by atoms with Gasteiger partial charge in [0.1, 0.15) is 0 Å². The van der Waals surface area contributed by atoms with Crippen LogP contribution in [-0.4, -0.2) is 27.5 Å². The van der Waals surface area contributed by atoms with Crippen molar-refractivity contribution < 1.29 is 25.3 Å². The average Bonchev–Trinajstić information content (AvgIpc) is 1.89. The molecule has 0 aliphatic rings. The van der Waals surface area contributed by atoms with Gasteiger partial charge in [-0.15, -0.1) is 0 Å². The summed E-state index contributed by atoms with van der Waals surface area (Å²) in [5.74, 6) is -1.99. The van der Waals surface area contributed by atoms with Crippen molar-refractivity contribution in [1.82, 2.24) is 0 Å². The van der Waals surface area contributed by atoms with Crippen LogP contribution in [0.2, 0.25) is 0 Å². The maximum absolute atomic E-state index is 9.26. The van der Waals surface area contributed by atoms with E-state index in [4.69, 9.17) is 0 Å². The molecule has 5 nitrogen and oxygen atoms in total. The van der Waals surface area contributed by atoms with Crippen LogP contribution >= 0.6 is 0 Å². The van der Waals surface area contributed by atoms with Crippen molar-refractivity contribution in [2.45, 2.75) is 26.7 Å². The normalized spacial score (nSPS) is 6.17. The van der Waals surface area contributed by atoms with Crippen molar-refractivity contribution in [2.24, 2.45) is 0 Å². The van der Waals surface area contributed by atoms with E-state index < -0.39 is 11.9 Å². The molecule has 0 aliphatic heterocycles. The van der Waals surface area contributed by atoms with E-state index >= 15 is 0 Å². The second-order valence-corrected chi connectivity index (χ2v) is 1.45. The van der Waals surface area contributed by atoms with Gasteiger partial charge in [-0.1, -0.05) is 13.8 Å². The summed E-state index contributed by atoms with van der Waals surface area (Å²) in [6.45, 7) is 3.07. The smallest absolute Gasteiger partial charge is 0.550 e. The van der Waals surface area contributed by atoms with Crippen molar-refractivity contribution in [3.05, 3.63) is 0 Å². The molecule has 0 rings (SSSR count). The first-order valence-corrected chi connectivity index (χ1v) is 2.94. The number of carboxylic acid groups (broad SMARTS) is 2. The molecule has 0 aliphatic carbocycles. The summed E-state index contributed by atoms with van der Waals surface area (Å²) in [6.07, 6.45) is 0.222. The molecule has 12 heavy (non-hydrogen) atoms. The molecule has 68 valence electrons. The third kappa shape index (κ3) is 62.7. The minimum Gasteiger partial charge on any atom is -0.550 e. The van der Waals surface area contributed by atoms with Gasteiger partial charge >= 0.3 is 10.1 Å². The summed E-state index contributed by atoms with van der Waals surface area (Å²) < 4.78 is 0. The third-order valence-electron chi connectivity index (χ3n) is 0.577. The summed E-state index contributed by atoms with van der Waals surface area (Å²) in [5.41, 5.74) is 0. The Labute approximate surface area is 74.9 Å². The van der Waals surface area contributed by atoms with E-state index in [0.29, 0.717) is 0 Å². The van der Waals surface area contributed by atoms with Gasteiger partial charge in [0.15, 0.2) is 0 Å². The quantitative estimate of drug-likeness (QED) is 0.416. The van der Waals surface area contributed by atoms with Gasteiger partial charge in [-0.05, 0) is 12.8 Å². The molecule has 2 N–H and O–H groups in total. The standard InChI is InChI=1S/2C3H6O2.Be.H2O/c2*1-2-3(4)5;;/h2*2H2,1H3,(H,4,5);;1H2/q;;+2;/p-2. The first kappa shape index (κ1) is 22.5. The van der Waals surface area contributed by atoms with E-state index in [9.17, 15) is 19.8 Å². The van der Waals surface area contributed by atoms with Crippen molar-refractivity contribution in [2.75, 3.05) is 0 Å². The molecule has 0 spiro atoms. The van der Waals surface area contributed by atoms with Gasteiger partial charge in [-0.25, -0.2) is 0 Å². The Hall–Kier alpha value is -0.931. The fourth-order valence-corrected chi connectivity index (χ4v) is 0. The molecule has 0 saturated heterocycles. The summed E-state index contributed by atoms with van der Waals surface area (Å²) in [7, 11) is 0. The number of hydrogen-bond acceptors (Lipinski definition) is 4. The molecular formula is C6H12BeO5. The van der Waals surface area contributed by atoms with Gasteiger partial charge in [-0.2, -0.15) is 0 Å². The molecule has 0 amide bonds. The zero-order chi connectivity index (χ0) is 8.57. The molecule has 6 heteroatoms. The van der Waals surface area contributed by atoms with E-state index in [-0.39, 0.29) is 28.4 Å². The number of hydrogen-bond donors (Lipinski definition) is 0. The largest absolute Gasteiger partial charge is 2.00 e. The Morgan fingerprint density at radius 1 is 1.00 bits per heavy atom. The van der Waals surface area contributed by atoms with Crippen molar-refractivity contribution in [3.8, 4) is 0 Å². The van der Waals surface area contributed by atoms with Crippen LogP contribution in [0.15, 0.2) is 0 Å². The summed E-state index contributed by atoms with van der Waals surface area (Å²) in [4.78, 5) is 18.5. The van der Waals surface area contributed by atoms with Gasteiger partial charge in [0.25, 0.3) is 0 Å². The molecule has 0 radical (unpaired) electrons. The second kappa shape index (κ2) is 16.6. The Bertz CT molecular complexity index is 101. The van der Waals surface area contributed by atoms with Crippen molar-refractivity contribution in [3.63, 3.8) is 0 Å². The van der Waals surface area contributed by atoms with Gasteiger partial charge in [0.05, 0.1) is 0 Å². The van der Waals surface area contributed by atoms with Crippen LogP contribution in [0.25, 0.3) is 0 Å². The van der Waals surface area contributed by atoms with Crippen LogP contribution in [0.1, 0.15) is 26.7 Å². The van der Waals surface area contributed by atoms with E-state index in [2.05, 4.69) is 0 Å². The Kier molecular flexibility index (Phi) is 31.0. The summed E-state index contributed by atoms with van der Waals surface area (Å²) in [5, 5.41) is 18.5. The number of carbonyl (C=O) groups is 2. The fraction of sp³-hybridized carbons (Fsp3) is 0.667. The van der Waals surface area contributed by atoms with Gasteiger partial charge in [-0.3, -0.25) is 0 Å². The minimum absolute atomic E-state index is 0. The minimum atomic E-state index is -0.995. The first-order chi connectivity index (χ1) is 4.54. The molecule has 0 heterocycles. The number of rotatable bonds is 2. The molecule has 0 saturated carbocycles. The van der Waals surface area contributed by atoms with E-state index in [0.717, 1.165) is 0 Å². The van der Waals surface area contributed by atoms with E-state index in [1.165, 1.54) is 13.8 Å². The third-order valence-corrected chi connectivity index (χ3v) is 0.577. The molecule has 0 fully saturated rings. The second-order valence-electron chi connectivity index (χ2n) is 1.45. The Morgan fingerprint density at radius 3 is 1.08 bits per heavy atom. The van der Waals surface area contributed by atoms with Crippen LogP contribution in [0, 0.1) is 0 Å². The SMILES string of the molecule is CCC(=O)[O-].CCC(=O)[O-].O.[Be+2]. The van der Waals surface area contributed by atoms with Crippen LogP contribution in [0.3, 0.4) is 0 Å². The molecule has 0 aromatic heterocycles. The molecule has 0 atom stereocenters. The monoisotopic (exact) mass is 173 g/mol. The maximum Gasteiger partial charge on any atom is 2.00 e. The molecule has 0 aromatic carbocycles. The van der Waals surface area contributed by atoms with Crippen LogP contribution < -0.4 is 10.2 Å². The molecule has 0 bridgehead atoms. The maximum atomic E-state index is 9.26. The van der Waals surface area contributed by atoms with Gasteiger partial charge < -0.3 is 25.3 Å². The van der Waals surface area contributed by atoms with E-state index in [1.54, 1.807) is 0 Å². The Morgan fingerprint density at radius 2 is 1.08 bits per heavy atom. The van der Waals surface area contributed by atoms with E-state index in [1.807, 2.05) is 0 Å². The Balaban J connectivity index is -0.0000000457. The van der Waals surface area contributed by atoms with Crippen molar-refractivity contribution >= 4 is 22.1 Å². The van der Waals surface area contributed by atoms with Gasteiger partial charge in [0.2, 0.25) is 0 Å². The molecular weight excluding hydrogens is 161 g/mol. The van der Waals surface area contributed by atoms with Crippen LogP contribution in [-0.2, 0) is 9.59 Å². The first-order valence-electron chi connectivity index (χ1n) is 2.94. The summed E-state index contributed by atoms with van der Waals surface area (Å²) >= 11 is 0. The zero-order valence-corrected chi connectivity index (χ0v) is 7.25. The summed E-state index contributed by atoms with van der Waals surface area (Å²) in [6, 6.07) is 0. The van der Waals surface area contributed by atoms with Crippen LogP contribution in [0.4, 0.5) is 0 Å². The average molecular weight is 173 g/mol. The topological polar surface area (TPSA) is 112 Å². The number of aliphatic carboxylic acids is 2. The predicted molar refractivity (Wildman–Crippen MR) is 40.0 cm³/mol. The number of carboxylic acids is 2. The molecule has 0 unspecified atom stereocenters. The predicted octanol–water partition coefficient (Wildman–Crippen LogP) is -2.91. The van der Waals surface area contributed by atoms with Gasteiger partial charge in [0, 0.05) is 11.9 Å².